The number of hydrogen-bond donors (Lipinski definition) is 0. The average molecular weight is 344 g/mol. The molecule has 0 aromatic carbocycles. The van der Waals surface area contributed by atoms with Crippen LogP contribution in [0.3, 0.4) is 0 Å². The van der Waals surface area contributed by atoms with E-state index >= 15 is 0 Å². The summed E-state index contributed by atoms with van der Waals surface area (Å²) in [6.07, 6.45) is 1.23. The third-order valence-corrected chi connectivity index (χ3v) is 4.37. The van der Waals surface area contributed by atoms with E-state index in [1.807, 2.05) is 39.0 Å². The molecule has 3 rings (SSSR count). The van der Waals surface area contributed by atoms with E-state index in [1.54, 1.807) is 29.1 Å². The van der Waals surface area contributed by atoms with Crippen LogP contribution in [0.5, 0.6) is 0 Å². The Morgan fingerprint density at radius 2 is 2.04 bits per heavy atom. The number of anilines is 1. The zero-order chi connectivity index (χ0) is 17.5. The van der Waals surface area contributed by atoms with Gasteiger partial charge in [0.1, 0.15) is 11.4 Å². The van der Waals surface area contributed by atoms with Crippen molar-refractivity contribution in [1.82, 2.24) is 14.6 Å². The predicted octanol–water partition coefficient (Wildman–Crippen LogP) is 4.14. The molecule has 0 atom stereocenters. The maximum atomic E-state index is 12.4. The highest BCUT2D eigenvalue weighted by molar-refractivity contribution is 7.15. The lowest BCUT2D eigenvalue weighted by molar-refractivity contribution is 0.0588. The summed E-state index contributed by atoms with van der Waals surface area (Å²) >= 11 is 1.66. The van der Waals surface area contributed by atoms with Crippen LogP contribution in [0.15, 0.2) is 30.5 Å². The van der Waals surface area contributed by atoms with Crippen LogP contribution in [0.4, 0.5) is 10.6 Å². The van der Waals surface area contributed by atoms with Crippen LogP contribution in [-0.4, -0.2) is 33.3 Å². The smallest absolute Gasteiger partial charge is 0.415 e. The van der Waals surface area contributed by atoms with Gasteiger partial charge in [-0.3, -0.25) is 4.90 Å². The zero-order valence-electron chi connectivity index (χ0n) is 14.4. The summed E-state index contributed by atoms with van der Waals surface area (Å²) in [6.45, 7) is 7.58. The molecule has 6 nitrogen and oxygen atoms in total. The number of thiophene rings is 1. The lowest BCUT2D eigenvalue weighted by Crippen LogP contribution is -2.35. The van der Waals surface area contributed by atoms with Gasteiger partial charge in [-0.2, -0.15) is 9.61 Å². The maximum Gasteiger partial charge on any atom is 0.415 e. The molecule has 0 bridgehead atoms. The maximum absolute atomic E-state index is 12.4. The quantitative estimate of drug-likeness (QED) is 0.701. The van der Waals surface area contributed by atoms with Gasteiger partial charge in [0.25, 0.3) is 0 Å². The Bertz CT molecular complexity index is 892. The topological polar surface area (TPSA) is 59.7 Å². The van der Waals surface area contributed by atoms with Crippen molar-refractivity contribution < 1.29 is 9.53 Å². The number of hydrogen-bond acceptors (Lipinski definition) is 5. The Morgan fingerprint density at radius 3 is 2.67 bits per heavy atom. The van der Waals surface area contributed by atoms with Crippen LogP contribution >= 0.6 is 11.3 Å². The van der Waals surface area contributed by atoms with E-state index in [0.717, 1.165) is 10.6 Å². The fraction of sp³-hybridized carbons (Fsp3) is 0.353. The second-order valence-electron chi connectivity index (χ2n) is 6.55. The van der Waals surface area contributed by atoms with Gasteiger partial charge < -0.3 is 4.74 Å². The Kier molecular flexibility index (Phi) is 4.04. The molecule has 0 unspecified atom stereocenters. The summed E-state index contributed by atoms with van der Waals surface area (Å²) in [4.78, 5) is 20.8. The van der Waals surface area contributed by atoms with Gasteiger partial charge in [-0.25, -0.2) is 9.78 Å². The highest BCUT2D eigenvalue weighted by Crippen LogP contribution is 2.29. The first-order valence-corrected chi connectivity index (χ1v) is 8.44. The van der Waals surface area contributed by atoms with Crippen LogP contribution in [0.2, 0.25) is 0 Å². The first kappa shape index (κ1) is 16.4. The van der Waals surface area contributed by atoms with Gasteiger partial charge in [0.05, 0.1) is 16.8 Å². The van der Waals surface area contributed by atoms with Crippen molar-refractivity contribution in [3.8, 4) is 10.6 Å². The van der Waals surface area contributed by atoms with Gasteiger partial charge in [-0.05, 0) is 39.8 Å². The molecule has 0 saturated heterocycles. The third kappa shape index (κ3) is 3.26. The monoisotopic (exact) mass is 344 g/mol. The molecule has 0 aliphatic rings. The fourth-order valence-electron chi connectivity index (χ4n) is 2.26. The molecule has 126 valence electrons. The summed E-state index contributed by atoms with van der Waals surface area (Å²) in [6, 6.07) is 7.76. The zero-order valence-corrected chi connectivity index (χ0v) is 15.2. The van der Waals surface area contributed by atoms with Crippen LogP contribution in [0.25, 0.3) is 16.2 Å². The third-order valence-electron chi connectivity index (χ3n) is 3.34. The van der Waals surface area contributed by atoms with Gasteiger partial charge in [0.2, 0.25) is 0 Å². The van der Waals surface area contributed by atoms with Crippen molar-refractivity contribution in [3.05, 3.63) is 35.3 Å². The number of nitrogens with zero attached hydrogens (tertiary/aromatic N) is 4. The lowest BCUT2D eigenvalue weighted by Gasteiger charge is -2.25. The second kappa shape index (κ2) is 5.90. The van der Waals surface area contributed by atoms with Crippen LogP contribution in [0, 0.1) is 6.92 Å². The second-order valence-corrected chi connectivity index (χ2v) is 7.84. The Morgan fingerprint density at radius 1 is 1.29 bits per heavy atom. The van der Waals surface area contributed by atoms with E-state index < -0.39 is 11.7 Å². The summed E-state index contributed by atoms with van der Waals surface area (Å²) in [5, 5.41) is 4.27. The molecule has 0 saturated carbocycles. The number of carbonyl (C=O) groups excluding carboxylic acids is 1. The number of aryl methyl sites for hydroxylation is 1. The Labute approximate surface area is 144 Å². The lowest BCUT2D eigenvalue weighted by atomic mass is 10.2. The summed E-state index contributed by atoms with van der Waals surface area (Å²) in [7, 11) is 1.67. The largest absolute Gasteiger partial charge is 0.443 e. The van der Waals surface area contributed by atoms with Gasteiger partial charge in [-0.1, -0.05) is 0 Å². The number of rotatable bonds is 2. The van der Waals surface area contributed by atoms with E-state index in [-0.39, 0.29) is 0 Å². The average Bonchev–Trinajstić information content (AvgIpc) is 3.11. The minimum absolute atomic E-state index is 0.432. The van der Waals surface area contributed by atoms with Gasteiger partial charge in [0.15, 0.2) is 5.65 Å². The molecule has 0 fully saturated rings. The molecule has 3 aromatic heterocycles. The minimum Gasteiger partial charge on any atom is -0.443 e. The predicted molar refractivity (Wildman–Crippen MR) is 95.7 cm³/mol. The number of amides is 1. The highest BCUT2D eigenvalue weighted by atomic mass is 32.1. The molecular formula is C17H20N4O2S. The van der Waals surface area contributed by atoms with Crippen LogP contribution < -0.4 is 4.90 Å². The molecule has 3 heterocycles. The van der Waals surface area contributed by atoms with E-state index in [2.05, 4.69) is 23.1 Å². The number of ether oxygens (including phenoxy) is 1. The van der Waals surface area contributed by atoms with E-state index in [9.17, 15) is 4.79 Å². The highest BCUT2D eigenvalue weighted by Gasteiger charge is 2.23. The standard InChI is InChI=1S/C17H20N4O2S/c1-11-6-7-13(24-11)12-10-15(21-14(19-12)8-9-18-21)20(5)16(22)23-17(2,3)4/h6-10H,1-5H3. The van der Waals surface area contributed by atoms with Crippen molar-refractivity contribution in [2.24, 2.45) is 0 Å². The molecule has 0 spiro atoms. The van der Waals surface area contributed by atoms with Crippen molar-refractivity contribution in [2.75, 3.05) is 11.9 Å². The number of aromatic nitrogens is 3. The van der Waals surface area contributed by atoms with Gasteiger partial charge in [-0.15, -0.1) is 11.3 Å². The van der Waals surface area contributed by atoms with Crippen LogP contribution in [-0.2, 0) is 4.74 Å². The molecular weight excluding hydrogens is 324 g/mol. The van der Waals surface area contributed by atoms with Crippen molar-refractivity contribution in [3.63, 3.8) is 0 Å². The molecule has 1 amide bonds. The van der Waals surface area contributed by atoms with Crippen molar-refractivity contribution >= 4 is 28.9 Å². The molecule has 7 heteroatoms. The summed E-state index contributed by atoms with van der Waals surface area (Å²) in [5.41, 5.74) is 0.936. The van der Waals surface area contributed by atoms with Crippen molar-refractivity contribution in [1.29, 1.82) is 0 Å². The van der Waals surface area contributed by atoms with Crippen LogP contribution in [0.1, 0.15) is 25.6 Å². The first-order chi connectivity index (χ1) is 11.2. The number of carbonyl (C=O) groups is 1. The molecule has 3 aromatic rings. The SMILES string of the molecule is Cc1ccc(-c2cc(N(C)C(=O)OC(C)(C)C)n3nccc3n2)s1. The number of fused-ring (bicyclic) bond motifs is 1. The Hall–Kier alpha value is -2.41. The van der Waals surface area contributed by atoms with E-state index in [0.29, 0.717) is 11.5 Å². The summed E-state index contributed by atoms with van der Waals surface area (Å²) < 4.78 is 7.09. The van der Waals surface area contributed by atoms with E-state index in [1.165, 1.54) is 9.78 Å². The Balaban J connectivity index is 2.06. The molecule has 0 radical (unpaired) electrons. The summed E-state index contributed by atoms with van der Waals surface area (Å²) in [5.74, 6) is 0.611. The molecule has 0 aliphatic heterocycles. The molecule has 24 heavy (non-hydrogen) atoms. The normalized spacial score (nSPS) is 11.7. The minimum atomic E-state index is -0.560. The fourth-order valence-corrected chi connectivity index (χ4v) is 3.09. The van der Waals surface area contributed by atoms with Gasteiger partial charge in [0, 0.05) is 24.1 Å². The first-order valence-electron chi connectivity index (χ1n) is 7.63. The van der Waals surface area contributed by atoms with Crippen molar-refractivity contribution in [2.45, 2.75) is 33.3 Å². The van der Waals surface area contributed by atoms with Gasteiger partial charge >= 0.3 is 6.09 Å². The van der Waals surface area contributed by atoms with E-state index in [4.69, 9.17) is 4.74 Å². The molecule has 0 N–H and O–H groups in total. The molecule has 0 aliphatic carbocycles.